The third-order valence-electron chi connectivity index (χ3n) is 1.80. The highest BCUT2D eigenvalue weighted by Gasteiger charge is 2.18. The minimum Gasteiger partial charge on any atom is -0.505 e. The first kappa shape index (κ1) is 10.4. The molecule has 0 aromatic heterocycles. The predicted molar refractivity (Wildman–Crippen MR) is 45.2 cm³/mol. The fourth-order valence-corrected chi connectivity index (χ4v) is 1.11. The van der Waals surface area contributed by atoms with Gasteiger partial charge in [-0.1, -0.05) is 0 Å². The summed E-state index contributed by atoms with van der Waals surface area (Å²) in [5.74, 6) is -2.59. The summed E-state index contributed by atoms with van der Waals surface area (Å²) in [6.45, 7) is 0. The average molecular weight is 198 g/mol. The zero-order valence-electron chi connectivity index (χ0n) is 7.17. The maximum atomic E-state index is 13.1. The summed E-state index contributed by atoms with van der Waals surface area (Å²) in [6.07, 6.45) is -0.187. The van der Waals surface area contributed by atoms with Crippen molar-refractivity contribution in [3.05, 3.63) is 29.3 Å². The molecule has 0 amide bonds. The molecule has 74 valence electrons. The van der Waals surface area contributed by atoms with E-state index in [1.807, 2.05) is 0 Å². The first-order valence-electron chi connectivity index (χ1n) is 3.87. The number of halogens is 2. The molecule has 0 fully saturated rings. The van der Waals surface area contributed by atoms with Crippen molar-refractivity contribution in [3.8, 4) is 11.8 Å². The van der Waals surface area contributed by atoms with E-state index >= 15 is 0 Å². The molecule has 1 aromatic rings. The van der Waals surface area contributed by atoms with Gasteiger partial charge in [-0.3, -0.25) is 0 Å². The largest absolute Gasteiger partial charge is 0.505 e. The Bertz CT molecular complexity index is 387. The number of rotatable bonds is 2. The van der Waals surface area contributed by atoms with E-state index in [4.69, 9.17) is 11.0 Å². The van der Waals surface area contributed by atoms with E-state index in [1.165, 1.54) is 0 Å². The Hall–Kier alpha value is -1.67. The van der Waals surface area contributed by atoms with E-state index < -0.39 is 23.4 Å². The first-order chi connectivity index (χ1) is 6.57. The van der Waals surface area contributed by atoms with Crippen LogP contribution in [0, 0.1) is 23.0 Å². The normalized spacial score (nSPS) is 12.1. The fourth-order valence-electron chi connectivity index (χ4n) is 1.11. The predicted octanol–water partition coefficient (Wildman–Crippen LogP) is 1.58. The molecule has 0 radical (unpaired) electrons. The van der Waals surface area contributed by atoms with E-state index in [-0.39, 0.29) is 12.0 Å². The average Bonchev–Trinajstić information content (AvgIpc) is 2.13. The lowest BCUT2D eigenvalue weighted by Crippen LogP contribution is -2.12. The lowest BCUT2D eigenvalue weighted by molar-refractivity contribution is 0.411. The third kappa shape index (κ3) is 1.80. The molecule has 0 saturated carbocycles. The van der Waals surface area contributed by atoms with Gasteiger partial charge in [0.25, 0.3) is 0 Å². The number of nitrogens with zero attached hydrogens (tertiary/aromatic N) is 1. The van der Waals surface area contributed by atoms with Crippen molar-refractivity contribution < 1.29 is 13.9 Å². The SMILES string of the molecule is N#CC[C@@H](N)c1c(F)ccc(F)c1O. The molecule has 0 spiro atoms. The Morgan fingerprint density at radius 1 is 1.43 bits per heavy atom. The van der Waals surface area contributed by atoms with Crippen molar-refractivity contribution in [2.24, 2.45) is 5.73 Å². The lowest BCUT2D eigenvalue weighted by atomic mass is 10.0. The highest BCUT2D eigenvalue weighted by molar-refractivity contribution is 5.37. The van der Waals surface area contributed by atoms with Crippen LogP contribution < -0.4 is 5.73 Å². The van der Waals surface area contributed by atoms with Gasteiger partial charge >= 0.3 is 0 Å². The van der Waals surface area contributed by atoms with Crippen LogP contribution >= 0.6 is 0 Å². The Morgan fingerprint density at radius 3 is 2.57 bits per heavy atom. The summed E-state index contributed by atoms with van der Waals surface area (Å²) in [5.41, 5.74) is 5.03. The number of nitrogens with two attached hydrogens (primary N) is 1. The second kappa shape index (κ2) is 4.03. The fraction of sp³-hybridized carbons (Fsp3) is 0.222. The van der Waals surface area contributed by atoms with Gasteiger partial charge in [0.15, 0.2) is 11.6 Å². The van der Waals surface area contributed by atoms with Crippen LogP contribution in [0.3, 0.4) is 0 Å². The molecule has 3 N–H and O–H groups in total. The molecule has 3 nitrogen and oxygen atoms in total. The van der Waals surface area contributed by atoms with Gasteiger partial charge in [0, 0.05) is 6.04 Å². The van der Waals surface area contributed by atoms with E-state index in [1.54, 1.807) is 6.07 Å². The molecule has 14 heavy (non-hydrogen) atoms. The number of aromatic hydroxyl groups is 1. The number of phenolic OH excluding ortho intramolecular Hbond substituents is 1. The van der Waals surface area contributed by atoms with Crippen molar-refractivity contribution in [3.63, 3.8) is 0 Å². The van der Waals surface area contributed by atoms with E-state index in [0.717, 1.165) is 12.1 Å². The van der Waals surface area contributed by atoms with Gasteiger partial charge < -0.3 is 10.8 Å². The van der Waals surface area contributed by atoms with Crippen molar-refractivity contribution in [2.45, 2.75) is 12.5 Å². The smallest absolute Gasteiger partial charge is 0.165 e. The van der Waals surface area contributed by atoms with Gasteiger partial charge in [-0.15, -0.1) is 0 Å². The summed E-state index contributed by atoms with van der Waals surface area (Å²) in [5, 5.41) is 17.5. The van der Waals surface area contributed by atoms with Gasteiger partial charge in [0.05, 0.1) is 18.1 Å². The van der Waals surface area contributed by atoms with Gasteiger partial charge in [-0.25, -0.2) is 8.78 Å². The van der Waals surface area contributed by atoms with Gasteiger partial charge in [-0.2, -0.15) is 5.26 Å². The van der Waals surface area contributed by atoms with E-state index in [9.17, 15) is 13.9 Å². The van der Waals surface area contributed by atoms with Crippen molar-refractivity contribution in [1.29, 1.82) is 5.26 Å². The van der Waals surface area contributed by atoms with Crippen LogP contribution in [0.2, 0.25) is 0 Å². The Kier molecular flexibility index (Phi) is 2.99. The van der Waals surface area contributed by atoms with Crippen LogP contribution in [0.15, 0.2) is 12.1 Å². The Morgan fingerprint density at radius 2 is 2.00 bits per heavy atom. The molecular weight excluding hydrogens is 190 g/mol. The van der Waals surface area contributed by atoms with Crippen LogP contribution in [-0.2, 0) is 0 Å². The number of hydrogen-bond acceptors (Lipinski definition) is 3. The molecule has 5 heteroatoms. The van der Waals surface area contributed by atoms with Gasteiger partial charge in [-0.05, 0) is 12.1 Å². The maximum Gasteiger partial charge on any atom is 0.165 e. The minimum absolute atomic E-state index is 0.187. The number of nitriles is 1. The molecule has 0 unspecified atom stereocenters. The minimum atomic E-state index is -1.02. The molecule has 0 aliphatic heterocycles. The van der Waals surface area contributed by atoms with Crippen LogP contribution in [0.25, 0.3) is 0 Å². The summed E-state index contributed by atoms with van der Waals surface area (Å²) < 4.78 is 25.9. The molecule has 0 bridgehead atoms. The second-order valence-corrected chi connectivity index (χ2v) is 2.76. The first-order valence-corrected chi connectivity index (χ1v) is 3.87. The number of phenols is 1. The second-order valence-electron chi connectivity index (χ2n) is 2.76. The monoisotopic (exact) mass is 198 g/mol. The molecule has 1 rings (SSSR count). The topological polar surface area (TPSA) is 70.0 Å². The summed E-state index contributed by atoms with van der Waals surface area (Å²) >= 11 is 0. The van der Waals surface area contributed by atoms with Crippen LogP contribution in [-0.4, -0.2) is 5.11 Å². The van der Waals surface area contributed by atoms with Crippen molar-refractivity contribution >= 4 is 0 Å². The molecule has 0 aliphatic rings. The van der Waals surface area contributed by atoms with Crippen LogP contribution in [0.1, 0.15) is 18.0 Å². The Labute approximate surface area is 79.4 Å². The molecule has 0 aliphatic carbocycles. The van der Waals surface area contributed by atoms with Crippen molar-refractivity contribution in [1.82, 2.24) is 0 Å². The third-order valence-corrected chi connectivity index (χ3v) is 1.80. The van der Waals surface area contributed by atoms with Crippen LogP contribution in [0.4, 0.5) is 8.78 Å². The standard InChI is InChI=1S/C9H8F2N2O/c10-5-1-2-6(11)9(14)8(5)7(13)3-4-12/h1-2,7,14H,3,13H2/t7-/m1/s1. The summed E-state index contributed by atoms with van der Waals surface area (Å²) in [6, 6.07) is 2.36. The molecule has 1 aromatic carbocycles. The molecular formula is C9H8F2N2O. The Balaban J connectivity index is 3.19. The summed E-state index contributed by atoms with van der Waals surface area (Å²) in [4.78, 5) is 0. The molecule has 0 heterocycles. The zero-order valence-corrected chi connectivity index (χ0v) is 7.17. The quantitative estimate of drug-likeness (QED) is 0.757. The number of hydrogen-bond donors (Lipinski definition) is 2. The van der Waals surface area contributed by atoms with Crippen molar-refractivity contribution in [2.75, 3.05) is 0 Å². The number of benzene rings is 1. The van der Waals surface area contributed by atoms with E-state index in [0.29, 0.717) is 0 Å². The van der Waals surface area contributed by atoms with Crippen LogP contribution in [0.5, 0.6) is 5.75 Å². The highest BCUT2D eigenvalue weighted by Crippen LogP contribution is 2.29. The molecule has 0 saturated heterocycles. The highest BCUT2D eigenvalue weighted by atomic mass is 19.1. The lowest BCUT2D eigenvalue weighted by Gasteiger charge is -2.11. The van der Waals surface area contributed by atoms with E-state index in [2.05, 4.69) is 0 Å². The summed E-state index contributed by atoms with van der Waals surface area (Å²) in [7, 11) is 0. The zero-order chi connectivity index (χ0) is 10.7. The maximum absolute atomic E-state index is 13.1. The van der Waals surface area contributed by atoms with Gasteiger partial charge in [0.1, 0.15) is 5.82 Å². The van der Waals surface area contributed by atoms with Gasteiger partial charge in [0.2, 0.25) is 0 Å². The molecule has 1 atom stereocenters.